The SMILES string of the molecule is O=C1NC(=O)C(C=NCC[NH+]2CCN(C(=O)c3ccccc3)CC2)C(=O)N1. The molecule has 2 saturated heterocycles. The van der Waals surface area contributed by atoms with Crippen molar-refractivity contribution < 1.29 is 24.1 Å². The van der Waals surface area contributed by atoms with Crippen molar-refractivity contribution in [2.45, 2.75) is 0 Å². The molecule has 0 aliphatic carbocycles. The van der Waals surface area contributed by atoms with Crippen molar-refractivity contribution in [2.24, 2.45) is 10.9 Å². The van der Waals surface area contributed by atoms with Gasteiger partial charge in [-0.15, -0.1) is 0 Å². The van der Waals surface area contributed by atoms with Crippen molar-refractivity contribution in [2.75, 3.05) is 39.3 Å². The fourth-order valence-electron chi connectivity index (χ4n) is 3.11. The first-order valence-electron chi connectivity index (χ1n) is 8.88. The Morgan fingerprint density at radius 2 is 1.74 bits per heavy atom. The number of nitrogens with one attached hydrogen (secondary N) is 3. The van der Waals surface area contributed by atoms with E-state index in [4.69, 9.17) is 0 Å². The van der Waals surface area contributed by atoms with Crippen molar-refractivity contribution in [3.8, 4) is 0 Å². The first-order chi connectivity index (χ1) is 13.0. The number of hydrogen-bond acceptors (Lipinski definition) is 5. The minimum absolute atomic E-state index is 0.0524. The third-order valence-corrected chi connectivity index (χ3v) is 4.67. The Bertz CT molecular complexity index is 736. The van der Waals surface area contributed by atoms with Gasteiger partial charge in [0.25, 0.3) is 5.91 Å². The molecule has 1 aromatic rings. The van der Waals surface area contributed by atoms with Gasteiger partial charge in [0.1, 0.15) is 0 Å². The lowest BCUT2D eigenvalue weighted by molar-refractivity contribution is -0.902. The molecular formula is C18H22N5O4+. The van der Waals surface area contributed by atoms with Gasteiger partial charge in [-0.3, -0.25) is 30.0 Å². The summed E-state index contributed by atoms with van der Waals surface area (Å²) in [5.41, 5.74) is 0.702. The second-order valence-electron chi connectivity index (χ2n) is 6.50. The highest BCUT2D eigenvalue weighted by atomic mass is 16.2. The molecule has 0 bridgehead atoms. The van der Waals surface area contributed by atoms with Crippen LogP contribution in [-0.2, 0) is 9.59 Å². The number of rotatable bonds is 5. The number of barbiturate groups is 1. The first kappa shape index (κ1) is 18.7. The highest BCUT2D eigenvalue weighted by molar-refractivity contribution is 6.23. The predicted molar refractivity (Wildman–Crippen MR) is 96.4 cm³/mol. The summed E-state index contributed by atoms with van der Waals surface area (Å²) >= 11 is 0. The number of carbonyl (C=O) groups is 4. The quantitative estimate of drug-likeness (QED) is 0.413. The summed E-state index contributed by atoms with van der Waals surface area (Å²) in [6.07, 6.45) is 1.28. The number of hydrogen-bond donors (Lipinski definition) is 3. The van der Waals surface area contributed by atoms with Gasteiger partial charge < -0.3 is 9.80 Å². The number of quaternary nitrogens is 1. The maximum absolute atomic E-state index is 12.4. The summed E-state index contributed by atoms with van der Waals surface area (Å²) in [4.78, 5) is 53.9. The van der Waals surface area contributed by atoms with E-state index in [9.17, 15) is 19.2 Å². The Hall–Kier alpha value is -3.07. The number of aliphatic imine (C=N–C) groups is 1. The van der Waals surface area contributed by atoms with Crippen LogP contribution in [0.3, 0.4) is 0 Å². The van der Waals surface area contributed by atoms with E-state index in [0.29, 0.717) is 25.2 Å². The van der Waals surface area contributed by atoms with Crippen molar-refractivity contribution >= 4 is 30.0 Å². The summed E-state index contributed by atoms with van der Waals surface area (Å²) in [7, 11) is 0. The molecule has 3 rings (SSSR count). The lowest BCUT2D eigenvalue weighted by atomic mass is 10.1. The van der Waals surface area contributed by atoms with Crippen molar-refractivity contribution in [3.63, 3.8) is 0 Å². The van der Waals surface area contributed by atoms with Crippen LogP contribution in [0.25, 0.3) is 0 Å². The van der Waals surface area contributed by atoms with Crippen LogP contribution < -0.4 is 15.5 Å². The van der Waals surface area contributed by atoms with Gasteiger partial charge in [-0.2, -0.15) is 0 Å². The minimum Gasteiger partial charge on any atom is -0.330 e. The van der Waals surface area contributed by atoms with E-state index in [2.05, 4.69) is 4.99 Å². The van der Waals surface area contributed by atoms with Gasteiger partial charge in [-0.25, -0.2) is 4.79 Å². The second-order valence-corrected chi connectivity index (χ2v) is 6.50. The highest BCUT2D eigenvalue weighted by Crippen LogP contribution is 2.04. The molecule has 27 heavy (non-hydrogen) atoms. The Morgan fingerprint density at radius 3 is 2.37 bits per heavy atom. The normalized spacial score (nSPS) is 19.3. The number of carbonyl (C=O) groups excluding carboxylic acids is 4. The Balaban J connectivity index is 1.41. The van der Waals surface area contributed by atoms with Gasteiger partial charge in [-0.05, 0) is 12.1 Å². The number of urea groups is 1. The molecule has 9 heteroatoms. The average molecular weight is 372 g/mol. The zero-order chi connectivity index (χ0) is 19.2. The van der Waals surface area contributed by atoms with Crippen LogP contribution in [0.15, 0.2) is 35.3 Å². The fourth-order valence-corrected chi connectivity index (χ4v) is 3.11. The van der Waals surface area contributed by atoms with Gasteiger partial charge >= 0.3 is 6.03 Å². The minimum atomic E-state index is -1.07. The van der Waals surface area contributed by atoms with Crippen molar-refractivity contribution in [3.05, 3.63) is 35.9 Å². The van der Waals surface area contributed by atoms with Crippen LogP contribution in [0.4, 0.5) is 4.79 Å². The largest absolute Gasteiger partial charge is 0.330 e. The van der Waals surface area contributed by atoms with Crippen LogP contribution in [-0.4, -0.2) is 74.1 Å². The van der Waals surface area contributed by atoms with E-state index in [1.165, 1.54) is 11.1 Å². The first-order valence-corrected chi connectivity index (χ1v) is 8.88. The zero-order valence-corrected chi connectivity index (χ0v) is 14.8. The van der Waals surface area contributed by atoms with Crippen LogP contribution >= 0.6 is 0 Å². The van der Waals surface area contributed by atoms with Gasteiger partial charge in [-0.1, -0.05) is 18.2 Å². The number of benzene rings is 1. The smallest absolute Gasteiger partial charge is 0.328 e. The summed E-state index contributed by atoms with van der Waals surface area (Å²) in [5.74, 6) is -2.34. The van der Waals surface area contributed by atoms with Gasteiger partial charge in [0, 0.05) is 11.8 Å². The van der Waals surface area contributed by atoms with Crippen LogP contribution in [0.1, 0.15) is 10.4 Å². The highest BCUT2D eigenvalue weighted by Gasteiger charge is 2.32. The number of piperazine rings is 1. The molecule has 0 unspecified atom stereocenters. The number of imide groups is 2. The molecule has 0 saturated carbocycles. The molecular weight excluding hydrogens is 350 g/mol. The summed E-state index contributed by atoms with van der Waals surface area (Å²) in [6, 6.07) is 8.44. The Kier molecular flexibility index (Phi) is 5.92. The van der Waals surface area contributed by atoms with E-state index in [-0.39, 0.29) is 5.91 Å². The average Bonchev–Trinajstić information content (AvgIpc) is 2.67. The third-order valence-electron chi connectivity index (χ3n) is 4.67. The van der Waals surface area contributed by atoms with E-state index < -0.39 is 23.8 Å². The third kappa shape index (κ3) is 4.76. The maximum atomic E-state index is 12.4. The molecule has 2 aliphatic heterocycles. The second kappa shape index (κ2) is 8.54. The molecule has 2 heterocycles. The molecule has 0 radical (unpaired) electrons. The molecule has 9 nitrogen and oxygen atoms in total. The fraction of sp³-hybridized carbons (Fsp3) is 0.389. The van der Waals surface area contributed by atoms with Crippen LogP contribution in [0, 0.1) is 5.92 Å². The maximum Gasteiger partial charge on any atom is 0.328 e. The lowest BCUT2D eigenvalue weighted by Crippen LogP contribution is -3.15. The van der Waals surface area contributed by atoms with Gasteiger partial charge in [0.2, 0.25) is 11.8 Å². The monoisotopic (exact) mass is 372 g/mol. The molecule has 3 N–H and O–H groups in total. The molecule has 0 atom stereocenters. The number of amides is 5. The van der Waals surface area contributed by atoms with Crippen LogP contribution in [0.5, 0.6) is 0 Å². The standard InChI is InChI=1S/C18H21N5O4/c24-15-14(16(25)21-18(27)20-15)12-19-6-7-22-8-10-23(11-9-22)17(26)13-4-2-1-3-5-13/h1-5,12,14H,6-11H2,(H2,20,21,24,25,27)/p+1. The molecule has 142 valence electrons. The summed E-state index contributed by atoms with van der Waals surface area (Å²) in [5, 5.41) is 4.07. The Morgan fingerprint density at radius 1 is 1.11 bits per heavy atom. The Labute approximate surface area is 156 Å². The molecule has 2 aliphatic rings. The predicted octanol–water partition coefficient (Wildman–Crippen LogP) is -1.92. The van der Waals surface area contributed by atoms with Crippen LogP contribution in [0.2, 0.25) is 0 Å². The van der Waals surface area contributed by atoms with Gasteiger partial charge in [0.05, 0.1) is 39.3 Å². The van der Waals surface area contributed by atoms with Gasteiger partial charge in [0.15, 0.2) is 5.92 Å². The van der Waals surface area contributed by atoms with E-state index in [1.54, 1.807) is 0 Å². The molecule has 5 amide bonds. The van der Waals surface area contributed by atoms with Crippen molar-refractivity contribution in [1.29, 1.82) is 0 Å². The van der Waals surface area contributed by atoms with E-state index in [0.717, 1.165) is 19.6 Å². The number of nitrogens with zero attached hydrogens (tertiary/aromatic N) is 2. The van der Waals surface area contributed by atoms with E-state index >= 15 is 0 Å². The van der Waals surface area contributed by atoms with Crippen molar-refractivity contribution in [1.82, 2.24) is 15.5 Å². The molecule has 2 fully saturated rings. The molecule has 0 aromatic heterocycles. The summed E-state index contributed by atoms with van der Waals surface area (Å²) in [6.45, 7) is 4.23. The lowest BCUT2D eigenvalue weighted by Gasteiger charge is -2.32. The molecule has 0 spiro atoms. The van der Waals surface area contributed by atoms with E-state index in [1.807, 2.05) is 45.9 Å². The zero-order valence-electron chi connectivity index (χ0n) is 14.8. The molecule has 1 aromatic carbocycles. The topological polar surface area (TPSA) is 112 Å². The summed E-state index contributed by atoms with van der Waals surface area (Å²) < 4.78 is 0.